The van der Waals surface area contributed by atoms with E-state index in [9.17, 15) is 5.11 Å². The van der Waals surface area contributed by atoms with Crippen molar-refractivity contribution in [2.45, 2.75) is 58.0 Å². The first-order valence-electron chi connectivity index (χ1n) is 8.83. The average molecular weight is 280 g/mol. The second-order valence-corrected chi connectivity index (χ2v) is 7.65. The highest BCUT2D eigenvalue weighted by Crippen LogP contribution is 2.43. The molecule has 3 atom stereocenters. The van der Waals surface area contributed by atoms with E-state index in [0.717, 1.165) is 25.4 Å². The quantitative estimate of drug-likeness (QED) is 0.733. The van der Waals surface area contributed by atoms with E-state index >= 15 is 0 Å². The fourth-order valence-corrected chi connectivity index (χ4v) is 4.98. The number of hydrogen-bond acceptors (Lipinski definition) is 3. The summed E-state index contributed by atoms with van der Waals surface area (Å²) in [4.78, 5) is 2.68. The van der Waals surface area contributed by atoms with E-state index in [4.69, 9.17) is 0 Å². The van der Waals surface area contributed by atoms with Gasteiger partial charge in [-0.3, -0.25) is 0 Å². The molecule has 3 unspecified atom stereocenters. The molecule has 20 heavy (non-hydrogen) atoms. The fraction of sp³-hybridized carbons (Fsp3) is 1.00. The summed E-state index contributed by atoms with van der Waals surface area (Å²) in [5.41, 5.74) is 0.527. The topological polar surface area (TPSA) is 35.5 Å². The molecule has 0 amide bonds. The normalized spacial score (nSPS) is 36.6. The van der Waals surface area contributed by atoms with E-state index in [1.165, 1.54) is 58.2 Å². The van der Waals surface area contributed by atoms with E-state index in [-0.39, 0.29) is 6.10 Å². The SMILES string of the molecule is CCCNCC1(CN2CC3CCC(O)C3C2)CCCC1. The van der Waals surface area contributed by atoms with E-state index in [1.807, 2.05) is 0 Å². The first kappa shape index (κ1) is 14.8. The summed E-state index contributed by atoms with van der Waals surface area (Å²) in [5.74, 6) is 1.36. The molecule has 116 valence electrons. The molecule has 3 rings (SSSR count). The summed E-state index contributed by atoms with van der Waals surface area (Å²) in [7, 11) is 0. The standard InChI is InChI=1S/C17H32N2O/c1-2-9-18-12-17(7-3-4-8-17)13-19-10-14-5-6-16(20)15(14)11-19/h14-16,18,20H,2-13H2,1H3. The van der Waals surface area contributed by atoms with Crippen molar-refractivity contribution in [2.24, 2.45) is 17.3 Å². The lowest BCUT2D eigenvalue weighted by Crippen LogP contribution is -2.42. The molecule has 2 N–H and O–H groups in total. The number of aliphatic hydroxyl groups is 1. The second-order valence-electron chi connectivity index (χ2n) is 7.65. The van der Waals surface area contributed by atoms with Crippen LogP contribution in [0.3, 0.4) is 0 Å². The maximum Gasteiger partial charge on any atom is 0.0583 e. The molecule has 2 saturated carbocycles. The van der Waals surface area contributed by atoms with Crippen molar-refractivity contribution in [1.29, 1.82) is 0 Å². The van der Waals surface area contributed by atoms with E-state index in [0.29, 0.717) is 11.3 Å². The number of rotatable bonds is 6. The molecule has 1 saturated heterocycles. The maximum absolute atomic E-state index is 10.1. The van der Waals surface area contributed by atoms with Gasteiger partial charge in [0.15, 0.2) is 0 Å². The monoisotopic (exact) mass is 280 g/mol. The minimum absolute atomic E-state index is 0.0113. The van der Waals surface area contributed by atoms with Crippen molar-refractivity contribution in [3.8, 4) is 0 Å². The van der Waals surface area contributed by atoms with Gasteiger partial charge in [0, 0.05) is 32.1 Å². The lowest BCUT2D eigenvalue weighted by Gasteiger charge is -2.34. The summed E-state index contributed by atoms with van der Waals surface area (Å²) in [6.07, 6.45) is 9.15. The van der Waals surface area contributed by atoms with Gasteiger partial charge in [0.2, 0.25) is 0 Å². The minimum atomic E-state index is -0.0113. The first-order chi connectivity index (χ1) is 9.72. The van der Waals surface area contributed by atoms with Gasteiger partial charge in [0.25, 0.3) is 0 Å². The number of fused-ring (bicyclic) bond motifs is 1. The van der Waals surface area contributed by atoms with E-state index in [1.54, 1.807) is 0 Å². The van der Waals surface area contributed by atoms with Crippen molar-refractivity contribution < 1.29 is 5.11 Å². The van der Waals surface area contributed by atoms with Gasteiger partial charge >= 0.3 is 0 Å². The van der Waals surface area contributed by atoms with Crippen LogP contribution in [0.2, 0.25) is 0 Å². The molecule has 0 aromatic rings. The molecule has 3 heteroatoms. The highest BCUT2D eigenvalue weighted by atomic mass is 16.3. The van der Waals surface area contributed by atoms with E-state index in [2.05, 4.69) is 17.1 Å². The summed E-state index contributed by atoms with van der Waals surface area (Å²) < 4.78 is 0. The van der Waals surface area contributed by atoms with Gasteiger partial charge in [0.05, 0.1) is 6.10 Å². The zero-order chi connectivity index (χ0) is 14.0. The molecular formula is C17H32N2O. The summed E-state index contributed by atoms with van der Waals surface area (Å²) >= 11 is 0. The van der Waals surface area contributed by atoms with Gasteiger partial charge in [-0.25, -0.2) is 0 Å². The van der Waals surface area contributed by atoms with Crippen LogP contribution in [0.25, 0.3) is 0 Å². The Morgan fingerprint density at radius 2 is 2.00 bits per heavy atom. The molecule has 0 radical (unpaired) electrons. The van der Waals surface area contributed by atoms with Crippen molar-refractivity contribution in [2.75, 3.05) is 32.7 Å². The fourth-order valence-electron chi connectivity index (χ4n) is 4.98. The Bertz CT molecular complexity index is 314. The smallest absolute Gasteiger partial charge is 0.0583 e. The van der Waals surface area contributed by atoms with Gasteiger partial charge < -0.3 is 15.3 Å². The third-order valence-corrected chi connectivity index (χ3v) is 6.04. The number of hydrogen-bond donors (Lipinski definition) is 2. The van der Waals surface area contributed by atoms with E-state index < -0.39 is 0 Å². The Kier molecular flexibility index (Phi) is 4.68. The Morgan fingerprint density at radius 1 is 1.20 bits per heavy atom. The van der Waals surface area contributed by atoms with Crippen molar-refractivity contribution in [3.05, 3.63) is 0 Å². The zero-order valence-corrected chi connectivity index (χ0v) is 13.1. The Hall–Kier alpha value is -0.120. The Balaban J connectivity index is 1.54. The molecule has 2 aliphatic carbocycles. The maximum atomic E-state index is 10.1. The highest BCUT2D eigenvalue weighted by molar-refractivity contribution is 4.97. The van der Waals surface area contributed by atoms with Crippen LogP contribution >= 0.6 is 0 Å². The summed E-state index contributed by atoms with van der Waals surface area (Å²) in [6, 6.07) is 0. The van der Waals surface area contributed by atoms with Gasteiger partial charge in [-0.2, -0.15) is 0 Å². The molecule has 1 aliphatic heterocycles. The second kappa shape index (κ2) is 6.33. The number of nitrogens with zero attached hydrogens (tertiary/aromatic N) is 1. The van der Waals surface area contributed by atoms with Crippen LogP contribution in [-0.4, -0.2) is 48.8 Å². The molecule has 0 spiro atoms. The molecule has 3 nitrogen and oxygen atoms in total. The largest absolute Gasteiger partial charge is 0.393 e. The van der Waals surface area contributed by atoms with Crippen LogP contribution in [0.5, 0.6) is 0 Å². The zero-order valence-electron chi connectivity index (χ0n) is 13.1. The van der Waals surface area contributed by atoms with Gasteiger partial charge in [0.1, 0.15) is 0 Å². The third kappa shape index (κ3) is 3.05. The predicted octanol–water partition coefficient (Wildman–Crippen LogP) is 2.25. The predicted molar refractivity (Wildman–Crippen MR) is 82.7 cm³/mol. The molecule has 0 bridgehead atoms. The van der Waals surface area contributed by atoms with Crippen LogP contribution in [0.15, 0.2) is 0 Å². The van der Waals surface area contributed by atoms with Crippen molar-refractivity contribution in [3.63, 3.8) is 0 Å². The number of aliphatic hydroxyl groups excluding tert-OH is 1. The molecule has 1 heterocycles. The summed E-state index contributed by atoms with van der Waals surface area (Å²) in [6.45, 7) is 8.28. The van der Waals surface area contributed by atoms with Gasteiger partial charge in [-0.15, -0.1) is 0 Å². The molecule has 3 fully saturated rings. The first-order valence-corrected chi connectivity index (χ1v) is 8.83. The van der Waals surface area contributed by atoms with Crippen molar-refractivity contribution >= 4 is 0 Å². The molecule has 0 aromatic heterocycles. The van der Waals surface area contributed by atoms with Gasteiger partial charge in [-0.1, -0.05) is 19.8 Å². The summed E-state index contributed by atoms with van der Waals surface area (Å²) in [5, 5.41) is 13.8. The lowest BCUT2D eigenvalue weighted by atomic mass is 9.85. The van der Waals surface area contributed by atoms with Crippen LogP contribution in [0.1, 0.15) is 51.9 Å². The van der Waals surface area contributed by atoms with Crippen LogP contribution in [0.4, 0.5) is 0 Å². The Morgan fingerprint density at radius 3 is 2.70 bits per heavy atom. The van der Waals surface area contributed by atoms with Gasteiger partial charge in [-0.05, 0) is 50.0 Å². The number of nitrogens with one attached hydrogen (secondary N) is 1. The third-order valence-electron chi connectivity index (χ3n) is 6.04. The minimum Gasteiger partial charge on any atom is -0.393 e. The molecule has 3 aliphatic rings. The highest BCUT2D eigenvalue weighted by Gasteiger charge is 2.44. The van der Waals surface area contributed by atoms with Crippen LogP contribution in [-0.2, 0) is 0 Å². The van der Waals surface area contributed by atoms with Crippen LogP contribution in [0, 0.1) is 17.3 Å². The lowest BCUT2D eigenvalue weighted by molar-refractivity contribution is 0.112. The Labute approximate surface area is 124 Å². The van der Waals surface area contributed by atoms with Crippen molar-refractivity contribution in [1.82, 2.24) is 10.2 Å². The molecule has 0 aromatic carbocycles. The molecular weight excluding hydrogens is 248 g/mol. The number of likely N-dealkylation sites (tertiary alicyclic amines) is 1. The average Bonchev–Trinajstić information content (AvgIpc) is 3.11. The van der Waals surface area contributed by atoms with Crippen LogP contribution < -0.4 is 5.32 Å².